The lowest BCUT2D eigenvalue weighted by Gasteiger charge is -2.38. The van der Waals surface area contributed by atoms with Crippen LogP contribution in [0.2, 0.25) is 5.02 Å². The summed E-state index contributed by atoms with van der Waals surface area (Å²) in [6.45, 7) is 0.514. The number of para-hydroxylation sites is 1. The number of ether oxygens (including phenoxy) is 2. The van der Waals surface area contributed by atoms with Gasteiger partial charge in [-0.2, -0.15) is 0 Å². The maximum absolute atomic E-state index is 14.0. The fraction of sp³-hybridized carbons (Fsp3) is 0.176. The molecule has 9 nitrogen and oxygen atoms in total. The highest BCUT2D eigenvalue weighted by Gasteiger charge is 2.34. The summed E-state index contributed by atoms with van der Waals surface area (Å²) in [6, 6.07) is 26.2. The standard InChI is InChI=1S/C34H28ClN5O4S2/c1-43-27-17-22-15-16-39(31(25(22)18-28(27)44-2)20-7-11-23(35)12-8-20)32(42)21-9-13-24(14-10-21)36-30(41)19-45-33-37-38-34-40(33)26-5-3-4-6-29(26)46-34/h3-14,17-18,31H,15-16,19H2,1-2H3,(H,36,41). The zero-order valence-corrected chi connectivity index (χ0v) is 27.3. The second kappa shape index (κ2) is 12.7. The number of nitrogens with zero attached hydrogens (tertiary/aromatic N) is 4. The molecule has 12 heteroatoms. The van der Waals surface area contributed by atoms with Crippen molar-refractivity contribution in [2.75, 3.05) is 31.8 Å². The fourth-order valence-electron chi connectivity index (χ4n) is 5.81. The van der Waals surface area contributed by atoms with Crippen LogP contribution in [0.15, 0.2) is 90.1 Å². The third-order valence-corrected chi connectivity index (χ3v) is 10.2. The van der Waals surface area contributed by atoms with Crippen LogP contribution in [0.1, 0.15) is 33.1 Å². The van der Waals surface area contributed by atoms with Crippen molar-refractivity contribution in [3.8, 4) is 11.5 Å². The average Bonchev–Trinajstić information content (AvgIpc) is 3.66. The van der Waals surface area contributed by atoms with E-state index in [2.05, 4.69) is 15.5 Å². The van der Waals surface area contributed by atoms with E-state index in [4.69, 9.17) is 21.1 Å². The number of thioether (sulfide) groups is 1. The van der Waals surface area contributed by atoms with Crippen molar-refractivity contribution in [2.45, 2.75) is 17.6 Å². The Morgan fingerprint density at radius 2 is 1.72 bits per heavy atom. The summed E-state index contributed by atoms with van der Waals surface area (Å²) in [5.74, 6) is 1.12. The van der Waals surface area contributed by atoms with E-state index in [1.54, 1.807) is 49.8 Å². The summed E-state index contributed by atoms with van der Waals surface area (Å²) in [4.78, 5) is 29.5. The largest absolute Gasteiger partial charge is 0.493 e. The summed E-state index contributed by atoms with van der Waals surface area (Å²) in [5.41, 5.74) is 5.14. The number of thiazole rings is 1. The van der Waals surface area contributed by atoms with Crippen LogP contribution in [-0.2, 0) is 11.2 Å². The summed E-state index contributed by atoms with van der Waals surface area (Å²) in [5, 5.41) is 12.7. The summed E-state index contributed by atoms with van der Waals surface area (Å²) in [6.07, 6.45) is 0.664. The van der Waals surface area contributed by atoms with Crippen LogP contribution in [-0.4, -0.2) is 57.8 Å². The number of carbonyl (C=O) groups excluding carboxylic acids is 2. The third-order valence-electron chi connectivity index (χ3n) is 7.98. The van der Waals surface area contributed by atoms with E-state index in [1.165, 1.54) is 11.8 Å². The van der Waals surface area contributed by atoms with E-state index in [1.807, 2.05) is 70.0 Å². The minimum atomic E-state index is -0.353. The summed E-state index contributed by atoms with van der Waals surface area (Å²) >= 11 is 9.10. The quantitative estimate of drug-likeness (QED) is 0.172. The molecule has 0 fully saturated rings. The van der Waals surface area contributed by atoms with Gasteiger partial charge in [-0.15, -0.1) is 10.2 Å². The molecule has 4 aromatic carbocycles. The molecule has 3 heterocycles. The van der Waals surface area contributed by atoms with Crippen LogP contribution in [0, 0.1) is 0 Å². The van der Waals surface area contributed by atoms with Gasteiger partial charge in [-0.25, -0.2) is 0 Å². The Kier molecular flexibility index (Phi) is 8.29. The highest BCUT2D eigenvalue weighted by Crippen LogP contribution is 2.42. The van der Waals surface area contributed by atoms with Crippen LogP contribution in [0.25, 0.3) is 15.2 Å². The van der Waals surface area contributed by atoms with Gasteiger partial charge in [0, 0.05) is 22.8 Å². The van der Waals surface area contributed by atoms with Gasteiger partial charge in [0.1, 0.15) is 0 Å². The number of hydrogen-bond donors (Lipinski definition) is 1. The van der Waals surface area contributed by atoms with Crippen molar-refractivity contribution >= 4 is 67.4 Å². The molecule has 2 amide bonds. The first-order valence-corrected chi connectivity index (χ1v) is 16.7. The molecule has 1 aliphatic rings. The van der Waals surface area contributed by atoms with E-state index < -0.39 is 0 Å². The number of aromatic nitrogens is 3. The SMILES string of the molecule is COc1cc2c(cc1OC)C(c1ccc(Cl)cc1)N(C(=O)c1ccc(NC(=O)CSc3nnc4sc5ccccc5n34)cc1)CC2. The van der Waals surface area contributed by atoms with Gasteiger partial charge in [-0.3, -0.25) is 14.0 Å². The van der Waals surface area contributed by atoms with Crippen LogP contribution < -0.4 is 14.8 Å². The van der Waals surface area contributed by atoms with Gasteiger partial charge in [-0.05, 0) is 83.8 Å². The molecular formula is C34H28ClN5O4S2. The first-order chi connectivity index (χ1) is 22.4. The van der Waals surface area contributed by atoms with Crippen molar-refractivity contribution < 1.29 is 19.1 Å². The number of halogens is 1. The van der Waals surface area contributed by atoms with Crippen molar-refractivity contribution in [1.29, 1.82) is 0 Å². The molecule has 6 aromatic rings. The highest BCUT2D eigenvalue weighted by molar-refractivity contribution is 7.99. The van der Waals surface area contributed by atoms with Crippen LogP contribution in [0.3, 0.4) is 0 Å². The van der Waals surface area contributed by atoms with E-state index in [9.17, 15) is 9.59 Å². The number of rotatable bonds is 8. The summed E-state index contributed by atoms with van der Waals surface area (Å²) in [7, 11) is 3.22. The molecule has 0 aliphatic carbocycles. The molecule has 1 atom stereocenters. The molecule has 0 saturated heterocycles. The van der Waals surface area contributed by atoms with E-state index in [0.717, 1.165) is 31.9 Å². The molecule has 0 bridgehead atoms. The zero-order valence-electron chi connectivity index (χ0n) is 24.9. The maximum atomic E-state index is 14.0. The van der Waals surface area contributed by atoms with Crippen molar-refractivity contribution in [2.24, 2.45) is 0 Å². The number of fused-ring (bicyclic) bond motifs is 4. The lowest BCUT2D eigenvalue weighted by molar-refractivity contribution is -0.113. The van der Waals surface area contributed by atoms with Gasteiger partial charge in [0.05, 0.1) is 36.2 Å². The molecule has 7 rings (SSSR count). The minimum absolute atomic E-state index is 0.118. The molecule has 1 aliphatic heterocycles. The molecule has 1 N–H and O–H groups in total. The monoisotopic (exact) mass is 669 g/mol. The maximum Gasteiger partial charge on any atom is 0.254 e. The highest BCUT2D eigenvalue weighted by atomic mass is 35.5. The van der Waals surface area contributed by atoms with E-state index >= 15 is 0 Å². The van der Waals surface area contributed by atoms with Crippen LogP contribution in [0.5, 0.6) is 11.5 Å². The number of carbonyl (C=O) groups is 2. The number of amides is 2. The number of methoxy groups -OCH3 is 2. The molecule has 1 unspecified atom stereocenters. The van der Waals surface area contributed by atoms with Crippen molar-refractivity contribution in [3.63, 3.8) is 0 Å². The molecule has 0 spiro atoms. The number of nitrogens with one attached hydrogen (secondary N) is 1. The Bertz CT molecular complexity index is 2080. The Hall–Kier alpha value is -4.58. The van der Waals surface area contributed by atoms with Crippen molar-refractivity contribution in [3.05, 3.63) is 112 Å². The Balaban J connectivity index is 1.08. The Labute approximate surface area is 278 Å². The zero-order chi connectivity index (χ0) is 31.8. The predicted molar refractivity (Wildman–Crippen MR) is 182 cm³/mol. The van der Waals surface area contributed by atoms with E-state index in [-0.39, 0.29) is 23.6 Å². The van der Waals surface area contributed by atoms with Crippen LogP contribution >= 0.6 is 34.7 Å². The molecular weight excluding hydrogens is 642 g/mol. The topological polar surface area (TPSA) is 98.1 Å². The van der Waals surface area contributed by atoms with Gasteiger partial charge in [0.25, 0.3) is 5.91 Å². The molecule has 0 radical (unpaired) electrons. The average molecular weight is 670 g/mol. The normalized spacial score (nSPS) is 14.3. The van der Waals surface area contributed by atoms with Crippen molar-refractivity contribution in [1.82, 2.24) is 19.5 Å². The smallest absolute Gasteiger partial charge is 0.254 e. The first-order valence-electron chi connectivity index (χ1n) is 14.5. The molecule has 232 valence electrons. The Morgan fingerprint density at radius 3 is 2.48 bits per heavy atom. The second-order valence-corrected chi connectivity index (χ2v) is 13.1. The predicted octanol–water partition coefficient (Wildman–Crippen LogP) is 7.13. The van der Waals surface area contributed by atoms with Gasteiger partial charge in [0.2, 0.25) is 10.9 Å². The lowest BCUT2D eigenvalue weighted by atomic mass is 9.87. The number of hydrogen-bond acceptors (Lipinski definition) is 8. The van der Waals surface area contributed by atoms with Gasteiger partial charge >= 0.3 is 0 Å². The lowest BCUT2D eigenvalue weighted by Crippen LogP contribution is -2.40. The molecule has 0 saturated carbocycles. The van der Waals surface area contributed by atoms with Gasteiger partial charge in [0.15, 0.2) is 16.7 Å². The molecule has 2 aromatic heterocycles. The van der Waals surface area contributed by atoms with Gasteiger partial charge < -0.3 is 19.7 Å². The van der Waals surface area contributed by atoms with Crippen LogP contribution in [0.4, 0.5) is 5.69 Å². The minimum Gasteiger partial charge on any atom is -0.493 e. The third kappa shape index (κ3) is 5.66. The van der Waals surface area contributed by atoms with E-state index in [0.29, 0.717) is 45.9 Å². The number of anilines is 1. The number of benzene rings is 4. The fourth-order valence-corrected chi connectivity index (χ4v) is 7.70. The Morgan fingerprint density at radius 1 is 0.978 bits per heavy atom. The summed E-state index contributed by atoms with van der Waals surface area (Å²) < 4.78 is 14.2. The first kappa shape index (κ1) is 30.1. The second-order valence-electron chi connectivity index (χ2n) is 10.7. The van der Waals surface area contributed by atoms with Gasteiger partial charge in [-0.1, -0.05) is 59.0 Å². The molecule has 46 heavy (non-hydrogen) atoms.